The molecule has 8 heteroatoms. The fourth-order valence-corrected chi connectivity index (χ4v) is 6.88. The summed E-state index contributed by atoms with van der Waals surface area (Å²) in [7, 11) is -3.12. The number of hydrogen-bond acceptors (Lipinski definition) is 6. The molecular formula is C21H32N4O2S2. The molecule has 160 valence electrons. The zero-order valence-corrected chi connectivity index (χ0v) is 19.4. The molecule has 2 aliphatic rings. The van der Waals surface area contributed by atoms with Gasteiger partial charge in [0.2, 0.25) is 10.0 Å². The first-order chi connectivity index (χ1) is 13.9. The zero-order valence-electron chi connectivity index (χ0n) is 17.8. The van der Waals surface area contributed by atoms with Crippen molar-refractivity contribution in [2.45, 2.75) is 59.3 Å². The summed E-state index contributed by atoms with van der Waals surface area (Å²) < 4.78 is 26.1. The molecule has 29 heavy (non-hydrogen) atoms. The van der Waals surface area contributed by atoms with E-state index in [1.807, 2.05) is 11.3 Å². The Morgan fingerprint density at radius 2 is 1.90 bits per heavy atom. The van der Waals surface area contributed by atoms with Crippen LogP contribution in [-0.4, -0.2) is 54.6 Å². The molecule has 0 N–H and O–H groups in total. The van der Waals surface area contributed by atoms with Crippen molar-refractivity contribution in [2.24, 2.45) is 5.92 Å². The molecular weight excluding hydrogens is 404 g/mol. The van der Waals surface area contributed by atoms with Crippen molar-refractivity contribution >= 4 is 37.4 Å². The highest BCUT2D eigenvalue weighted by Gasteiger charge is 2.30. The van der Waals surface area contributed by atoms with Crippen molar-refractivity contribution in [1.82, 2.24) is 14.3 Å². The molecule has 0 saturated carbocycles. The van der Waals surface area contributed by atoms with Crippen molar-refractivity contribution in [1.29, 1.82) is 0 Å². The van der Waals surface area contributed by atoms with Gasteiger partial charge in [0.1, 0.15) is 16.5 Å². The summed E-state index contributed by atoms with van der Waals surface area (Å²) in [4.78, 5) is 14.9. The van der Waals surface area contributed by atoms with E-state index in [-0.39, 0.29) is 5.75 Å². The van der Waals surface area contributed by atoms with Crippen LogP contribution in [0.3, 0.4) is 0 Å². The van der Waals surface area contributed by atoms with Crippen molar-refractivity contribution in [3.8, 4) is 0 Å². The second-order valence-electron chi connectivity index (χ2n) is 8.39. The quantitative estimate of drug-likeness (QED) is 0.692. The maximum Gasteiger partial charge on any atom is 0.213 e. The Kier molecular flexibility index (Phi) is 6.14. The van der Waals surface area contributed by atoms with Crippen LogP contribution in [0.25, 0.3) is 10.2 Å². The number of anilines is 1. The predicted octanol–water partition coefficient (Wildman–Crippen LogP) is 3.63. The Morgan fingerprint density at radius 1 is 1.14 bits per heavy atom. The number of aromatic nitrogens is 2. The van der Waals surface area contributed by atoms with Crippen molar-refractivity contribution < 1.29 is 8.42 Å². The summed E-state index contributed by atoms with van der Waals surface area (Å²) >= 11 is 1.85. The Balaban J connectivity index is 1.70. The van der Waals surface area contributed by atoms with Gasteiger partial charge in [-0.3, -0.25) is 0 Å². The summed E-state index contributed by atoms with van der Waals surface area (Å²) in [5.74, 6) is 2.88. The summed E-state index contributed by atoms with van der Waals surface area (Å²) in [5, 5.41) is 1.24. The number of piperazine rings is 1. The zero-order chi connectivity index (χ0) is 20.6. The Hall–Kier alpha value is -1.25. The number of rotatable bonds is 6. The largest absolute Gasteiger partial charge is 0.353 e. The number of fused-ring (bicyclic) bond motifs is 3. The SMILES string of the molecule is CCCCc1nc(N2CCN(S(=O)(=O)CC)CC2)c2c3c(sc2n1)C[C@H](C)CC3. The second kappa shape index (κ2) is 8.47. The summed E-state index contributed by atoms with van der Waals surface area (Å²) in [6.07, 6.45) is 6.59. The molecule has 4 rings (SSSR count). The van der Waals surface area contributed by atoms with E-state index >= 15 is 0 Å². The van der Waals surface area contributed by atoms with Gasteiger partial charge in [0.05, 0.1) is 11.1 Å². The molecule has 1 fully saturated rings. The van der Waals surface area contributed by atoms with E-state index in [0.29, 0.717) is 26.2 Å². The molecule has 1 saturated heterocycles. The Bertz CT molecular complexity index is 978. The fraction of sp³-hybridized carbons (Fsp3) is 0.714. The predicted molar refractivity (Wildman–Crippen MR) is 120 cm³/mol. The Labute approximate surface area is 178 Å². The van der Waals surface area contributed by atoms with E-state index in [9.17, 15) is 8.42 Å². The summed E-state index contributed by atoms with van der Waals surface area (Å²) in [5.41, 5.74) is 1.45. The van der Waals surface area contributed by atoms with Crippen LogP contribution in [0.2, 0.25) is 0 Å². The number of unbranched alkanes of at least 4 members (excludes halogenated alkanes) is 1. The minimum atomic E-state index is -3.12. The average molecular weight is 437 g/mol. The fourth-order valence-electron chi connectivity index (χ4n) is 4.40. The van der Waals surface area contributed by atoms with Crippen LogP contribution < -0.4 is 4.90 Å². The van der Waals surface area contributed by atoms with Crippen LogP contribution in [0.5, 0.6) is 0 Å². The maximum absolute atomic E-state index is 12.2. The molecule has 1 aliphatic heterocycles. The van der Waals surface area contributed by atoms with Gasteiger partial charge >= 0.3 is 0 Å². The minimum absolute atomic E-state index is 0.169. The Morgan fingerprint density at radius 3 is 2.59 bits per heavy atom. The van der Waals surface area contributed by atoms with Crippen molar-refractivity contribution in [3.63, 3.8) is 0 Å². The van der Waals surface area contributed by atoms with E-state index in [2.05, 4.69) is 18.7 Å². The van der Waals surface area contributed by atoms with Gasteiger partial charge in [0, 0.05) is 37.5 Å². The van der Waals surface area contributed by atoms with Gasteiger partial charge in [0.25, 0.3) is 0 Å². The smallest absolute Gasteiger partial charge is 0.213 e. The van der Waals surface area contributed by atoms with Crippen LogP contribution in [0, 0.1) is 5.92 Å². The first-order valence-electron chi connectivity index (χ1n) is 11.0. The number of hydrogen-bond donors (Lipinski definition) is 0. The van der Waals surface area contributed by atoms with E-state index in [0.717, 1.165) is 54.5 Å². The monoisotopic (exact) mass is 436 g/mol. The lowest BCUT2D eigenvalue weighted by molar-refractivity contribution is 0.384. The molecule has 0 unspecified atom stereocenters. The number of nitrogens with zero attached hydrogens (tertiary/aromatic N) is 4. The van der Waals surface area contributed by atoms with Crippen LogP contribution >= 0.6 is 11.3 Å². The van der Waals surface area contributed by atoms with Crippen LogP contribution in [0.1, 0.15) is 56.3 Å². The van der Waals surface area contributed by atoms with Gasteiger partial charge in [-0.25, -0.2) is 18.4 Å². The highest BCUT2D eigenvalue weighted by molar-refractivity contribution is 7.89. The van der Waals surface area contributed by atoms with Gasteiger partial charge in [-0.05, 0) is 44.1 Å². The van der Waals surface area contributed by atoms with E-state index in [1.54, 1.807) is 11.2 Å². The van der Waals surface area contributed by atoms with Crippen LogP contribution in [0.15, 0.2) is 0 Å². The summed E-state index contributed by atoms with van der Waals surface area (Å²) in [6, 6.07) is 0. The average Bonchev–Trinajstić information content (AvgIpc) is 3.09. The lowest BCUT2D eigenvalue weighted by Crippen LogP contribution is -2.49. The molecule has 2 aromatic heterocycles. The standard InChI is InChI=1S/C21H32N4O2S2/c1-4-6-7-18-22-20(24-10-12-25(13-11-24)29(26,27)5-2)19-16-9-8-15(3)14-17(16)28-21(19)23-18/h15H,4-14H2,1-3H3/t15-/m1/s1. The molecule has 0 amide bonds. The first-order valence-corrected chi connectivity index (χ1v) is 13.4. The normalized spacial score (nSPS) is 20.9. The summed E-state index contributed by atoms with van der Waals surface area (Å²) in [6.45, 7) is 8.70. The molecule has 3 heterocycles. The van der Waals surface area contributed by atoms with Crippen molar-refractivity contribution in [3.05, 3.63) is 16.3 Å². The van der Waals surface area contributed by atoms with Gasteiger partial charge in [-0.15, -0.1) is 11.3 Å². The van der Waals surface area contributed by atoms with Crippen LogP contribution in [0.4, 0.5) is 5.82 Å². The lowest BCUT2D eigenvalue weighted by atomic mass is 9.89. The molecule has 0 spiro atoms. The third-order valence-corrected chi connectivity index (χ3v) is 9.26. The molecule has 0 aromatic carbocycles. The van der Waals surface area contributed by atoms with Crippen LogP contribution in [-0.2, 0) is 29.3 Å². The number of aryl methyl sites for hydroxylation is 2. The molecule has 2 aromatic rings. The third kappa shape index (κ3) is 4.16. The van der Waals surface area contributed by atoms with Gasteiger partial charge in [-0.2, -0.15) is 4.31 Å². The van der Waals surface area contributed by atoms with E-state index < -0.39 is 10.0 Å². The van der Waals surface area contributed by atoms with Gasteiger partial charge in [0.15, 0.2) is 0 Å². The molecule has 0 radical (unpaired) electrons. The first kappa shape index (κ1) is 21.0. The van der Waals surface area contributed by atoms with E-state index in [4.69, 9.17) is 9.97 Å². The highest BCUT2D eigenvalue weighted by Crippen LogP contribution is 2.41. The second-order valence-corrected chi connectivity index (χ2v) is 11.7. The minimum Gasteiger partial charge on any atom is -0.353 e. The molecule has 0 bridgehead atoms. The van der Waals surface area contributed by atoms with Gasteiger partial charge < -0.3 is 4.90 Å². The van der Waals surface area contributed by atoms with Gasteiger partial charge in [-0.1, -0.05) is 20.3 Å². The van der Waals surface area contributed by atoms with E-state index in [1.165, 1.54) is 22.2 Å². The lowest BCUT2D eigenvalue weighted by Gasteiger charge is -2.35. The molecule has 1 atom stereocenters. The third-order valence-electron chi connectivity index (χ3n) is 6.23. The maximum atomic E-state index is 12.2. The number of sulfonamides is 1. The van der Waals surface area contributed by atoms with Crippen molar-refractivity contribution in [2.75, 3.05) is 36.8 Å². The number of thiophene rings is 1. The molecule has 1 aliphatic carbocycles. The highest BCUT2D eigenvalue weighted by atomic mass is 32.2. The topological polar surface area (TPSA) is 66.4 Å². The molecule has 6 nitrogen and oxygen atoms in total.